The van der Waals surface area contributed by atoms with E-state index in [0.717, 1.165) is 77.1 Å². The number of hydrogen-bond donors (Lipinski definition) is 0. The summed E-state index contributed by atoms with van der Waals surface area (Å²) in [5, 5.41) is 5.25. The molecule has 54 heavy (non-hydrogen) atoms. The minimum atomic E-state index is 0.636. The topological polar surface area (TPSA) is 52.1 Å². The van der Waals surface area contributed by atoms with Gasteiger partial charge in [0.1, 0.15) is 28.0 Å². The number of nitrogens with zero attached hydrogens (tertiary/aromatic N) is 2. The van der Waals surface area contributed by atoms with Crippen molar-refractivity contribution in [2.45, 2.75) is 0 Å². The minimum Gasteiger partial charge on any atom is -0.456 e. The molecule has 0 bridgehead atoms. The summed E-state index contributed by atoms with van der Waals surface area (Å²) >= 11 is 0. The number of furan rings is 2. The van der Waals surface area contributed by atoms with Crippen LogP contribution in [0, 0.1) is 0 Å². The first-order valence-corrected chi connectivity index (χ1v) is 18.1. The van der Waals surface area contributed by atoms with Crippen molar-refractivity contribution in [2.75, 3.05) is 0 Å². The molecule has 4 heteroatoms. The highest BCUT2D eigenvalue weighted by Gasteiger charge is 2.23. The van der Waals surface area contributed by atoms with Gasteiger partial charge in [0.05, 0.1) is 0 Å². The molecular weight excluding hydrogens is 661 g/mol. The van der Waals surface area contributed by atoms with E-state index in [2.05, 4.69) is 140 Å². The fraction of sp³-hybridized carbons (Fsp3) is 0. The lowest BCUT2D eigenvalue weighted by atomic mass is 9.95. The Hall–Kier alpha value is -7.30. The Morgan fingerprint density at radius 3 is 1.61 bits per heavy atom. The van der Waals surface area contributed by atoms with Gasteiger partial charge in [0.2, 0.25) is 0 Å². The van der Waals surface area contributed by atoms with Crippen LogP contribution >= 0.6 is 0 Å². The maximum Gasteiger partial charge on any atom is 0.180 e. The van der Waals surface area contributed by atoms with Gasteiger partial charge in [0.25, 0.3) is 0 Å². The lowest BCUT2D eigenvalue weighted by molar-refractivity contribution is 0.667. The molecule has 0 unspecified atom stereocenters. The van der Waals surface area contributed by atoms with Gasteiger partial charge in [0.15, 0.2) is 11.4 Å². The van der Waals surface area contributed by atoms with Gasteiger partial charge >= 0.3 is 0 Å². The van der Waals surface area contributed by atoms with Crippen LogP contribution in [0.3, 0.4) is 0 Å². The zero-order valence-electron chi connectivity index (χ0n) is 29.0. The van der Waals surface area contributed by atoms with Crippen LogP contribution in [0.1, 0.15) is 0 Å². The van der Waals surface area contributed by atoms with Crippen molar-refractivity contribution in [1.29, 1.82) is 0 Å². The first-order valence-electron chi connectivity index (χ1n) is 18.1. The standard InChI is InChI=1S/C50H30N2O2/c1-3-11-31(12-4-1)33-19-21-34(22-20-33)39-29-42(46-40-15-7-9-17-43(40)53-45(46)30-39)48-49-47(41-16-8-10-18-44(41)54-49)51-50(52-48)38-26-25-36-27-35(23-24-37(36)28-38)32-13-5-2-6-14-32/h1-30H. The van der Waals surface area contributed by atoms with Crippen LogP contribution in [0.2, 0.25) is 0 Å². The van der Waals surface area contributed by atoms with Gasteiger partial charge in [-0.2, -0.15) is 0 Å². The molecule has 0 aliphatic rings. The summed E-state index contributed by atoms with van der Waals surface area (Å²) in [6, 6.07) is 63.4. The average Bonchev–Trinajstić information content (AvgIpc) is 3.82. The summed E-state index contributed by atoms with van der Waals surface area (Å²) in [5.41, 5.74) is 13.3. The minimum absolute atomic E-state index is 0.636. The summed E-state index contributed by atoms with van der Waals surface area (Å²) in [7, 11) is 0. The Morgan fingerprint density at radius 2 is 0.889 bits per heavy atom. The monoisotopic (exact) mass is 690 g/mol. The third-order valence-electron chi connectivity index (χ3n) is 10.5. The van der Waals surface area contributed by atoms with Crippen molar-refractivity contribution in [3.05, 3.63) is 182 Å². The highest BCUT2D eigenvalue weighted by molar-refractivity contribution is 6.17. The molecule has 0 atom stereocenters. The van der Waals surface area contributed by atoms with Crippen LogP contribution in [0.5, 0.6) is 0 Å². The SMILES string of the molecule is c1ccc(-c2ccc(-c3cc(-c4nc(-c5ccc6cc(-c7ccccc7)ccc6c5)nc5c4oc4ccccc45)c4c(c3)oc3ccccc34)cc2)cc1. The molecule has 0 radical (unpaired) electrons. The fourth-order valence-electron chi connectivity index (χ4n) is 7.79. The molecular formula is C50H30N2O2. The second kappa shape index (κ2) is 12.1. The van der Waals surface area contributed by atoms with E-state index in [4.69, 9.17) is 18.8 Å². The highest BCUT2D eigenvalue weighted by atomic mass is 16.3. The second-order valence-electron chi connectivity index (χ2n) is 13.8. The predicted molar refractivity (Wildman–Crippen MR) is 221 cm³/mol. The Morgan fingerprint density at radius 1 is 0.352 bits per heavy atom. The summed E-state index contributed by atoms with van der Waals surface area (Å²) in [6.45, 7) is 0. The zero-order chi connectivity index (χ0) is 35.6. The van der Waals surface area contributed by atoms with Gasteiger partial charge < -0.3 is 8.83 Å². The van der Waals surface area contributed by atoms with Gasteiger partial charge in [-0.25, -0.2) is 9.97 Å². The summed E-state index contributed by atoms with van der Waals surface area (Å²) in [6.07, 6.45) is 0. The molecule has 0 spiro atoms. The molecule has 3 aromatic heterocycles. The zero-order valence-corrected chi connectivity index (χ0v) is 29.0. The number of benzene rings is 8. The number of fused-ring (bicyclic) bond motifs is 7. The van der Waals surface area contributed by atoms with E-state index >= 15 is 0 Å². The van der Waals surface area contributed by atoms with E-state index in [9.17, 15) is 0 Å². The highest BCUT2D eigenvalue weighted by Crippen LogP contribution is 2.44. The van der Waals surface area contributed by atoms with E-state index in [-0.39, 0.29) is 0 Å². The number of aromatic nitrogens is 2. The van der Waals surface area contributed by atoms with Gasteiger partial charge in [-0.15, -0.1) is 0 Å². The fourth-order valence-corrected chi connectivity index (χ4v) is 7.79. The van der Waals surface area contributed by atoms with Crippen LogP contribution in [0.4, 0.5) is 0 Å². The van der Waals surface area contributed by atoms with Crippen molar-refractivity contribution < 1.29 is 8.83 Å². The van der Waals surface area contributed by atoms with Crippen molar-refractivity contribution in [3.8, 4) is 56.0 Å². The number of para-hydroxylation sites is 2. The van der Waals surface area contributed by atoms with Gasteiger partial charge in [-0.05, 0) is 86.6 Å². The quantitative estimate of drug-likeness (QED) is 0.180. The van der Waals surface area contributed by atoms with Crippen molar-refractivity contribution in [1.82, 2.24) is 9.97 Å². The van der Waals surface area contributed by atoms with E-state index in [1.807, 2.05) is 42.5 Å². The molecule has 0 amide bonds. The molecule has 11 rings (SSSR count). The lowest BCUT2D eigenvalue weighted by Crippen LogP contribution is -1.95. The van der Waals surface area contributed by atoms with Crippen molar-refractivity contribution in [2.24, 2.45) is 0 Å². The Kier molecular flexibility index (Phi) is 6.82. The van der Waals surface area contributed by atoms with Crippen LogP contribution in [-0.4, -0.2) is 9.97 Å². The lowest BCUT2D eigenvalue weighted by Gasteiger charge is -2.11. The number of rotatable bonds is 5. The van der Waals surface area contributed by atoms with E-state index < -0.39 is 0 Å². The largest absolute Gasteiger partial charge is 0.456 e. The molecule has 0 N–H and O–H groups in total. The Bertz CT molecular complexity index is 3200. The van der Waals surface area contributed by atoms with Crippen LogP contribution in [0.25, 0.3) is 111 Å². The molecule has 3 heterocycles. The molecule has 4 nitrogen and oxygen atoms in total. The summed E-state index contributed by atoms with van der Waals surface area (Å²) in [4.78, 5) is 10.6. The smallest absolute Gasteiger partial charge is 0.180 e. The third kappa shape index (κ3) is 5.00. The van der Waals surface area contributed by atoms with Crippen LogP contribution < -0.4 is 0 Å². The van der Waals surface area contributed by atoms with Gasteiger partial charge in [-0.3, -0.25) is 0 Å². The van der Waals surface area contributed by atoms with E-state index in [0.29, 0.717) is 11.4 Å². The average molecular weight is 691 g/mol. The molecule has 0 aliphatic carbocycles. The van der Waals surface area contributed by atoms with Gasteiger partial charge in [-0.1, -0.05) is 140 Å². The first kappa shape index (κ1) is 30.3. The Balaban J connectivity index is 1.14. The molecule has 0 saturated carbocycles. The van der Waals surface area contributed by atoms with Crippen LogP contribution in [-0.2, 0) is 0 Å². The predicted octanol–water partition coefficient (Wildman–Crippen LogP) is 13.8. The third-order valence-corrected chi connectivity index (χ3v) is 10.5. The van der Waals surface area contributed by atoms with E-state index in [1.54, 1.807) is 0 Å². The molecule has 252 valence electrons. The van der Waals surface area contributed by atoms with Crippen molar-refractivity contribution in [3.63, 3.8) is 0 Å². The number of hydrogen-bond acceptors (Lipinski definition) is 4. The van der Waals surface area contributed by atoms with Crippen molar-refractivity contribution >= 4 is 54.8 Å². The summed E-state index contributed by atoms with van der Waals surface area (Å²) < 4.78 is 13.2. The first-order chi connectivity index (χ1) is 26.7. The second-order valence-corrected chi connectivity index (χ2v) is 13.8. The van der Waals surface area contributed by atoms with E-state index in [1.165, 1.54) is 22.3 Å². The molecule has 0 saturated heterocycles. The maximum absolute atomic E-state index is 6.65. The Labute approximate surface area is 310 Å². The molecule has 11 aromatic rings. The van der Waals surface area contributed by atoms with Crippen LogP contribution in [0.15, 0.2) is 191 Å². The molecule has 0 aliphatic heterocycles. The molecule has 8 aromatic carbocycles. The maximum atomic E-state index is 6.65. The van der Waals surface area contributed by atoms with Gasteiger partial charge in [0, 0.05) is 27.3 Å². The normalized spacial score (nSPS) is 11.7. The summed E-state index contributed by atoms with van der Waals surface area (Å²) in [5.74, 6) is 0.636. The molecule has 0 fully saturated rings.